The SMILES string of the molecule is CCCOc1ccccc1C(NC)c1cnc(C)cn1. The Morgan fingerprint density at radius 1 is 1.20 bits per heavy atom. The largest absolute Gasteiger partial charge is 0.493 e. The minimum Gasteiger partial charge on any atom is -0.493 e. The number of nitrogens with one attached hydrogen (secondary N) is 1. The van der Waals surface area contributed by atoms with Gasteiger partial charge in [-0.1, -0.05) is 25.1 Å². The molecule has 0 radical (unpaired) electrons. The Balaban J connectivity index is 2.33. The predicted molar refractivity (Wildman–Crippen MR) is 79.9 cm³/mol. The zero-order valence-electron chi connectivity index (χ0n) is 12.3. The maximum Gasteiger partial charge on any atom is 0.124 e. The van der Waals surface area contributed by atoms with Crippen molar-refractivity contribution in [1.82, 2.24) is 15.3 Å². The number of para-hydroxylation sites is 1. The summed E-state index contributed by atoms with van der Waals surface area (Å²) in [6, 6.07) is 8.04. The third-order valence-electron chi connectivity index (χ3n) is 3.08. The van der Waals surface area contributed by atoms with E-state index in [9.17, 15) is 0 Å². The van der Waals surface area contributed by atoms with E-state index in [-0.39, 0.29) is 6.04 Å². The molecule has 1 atom stereocenters. The normalized spacial score (nSPS) is 12.2. The lowest BCUT2D eigenvalue weighted by Crippen LogP contribution is -2.20. The van der Waals surface area contributed by atoms with Crippen molar-refractivity contribution in [1.29, 1.82) is 0 Å². The van der Waals surface area contributed by atoms with Crippen molar-refractivity contribution >= 4 is 0 Å². The second kappa shape index (κ2) is 7.01. The fourth-order valence-corrected chi connectivity index (χ4v) is 2.08. The Labute approximate surface area is 120 Å². The van der Waals surface area contributed by atoms with Gasteiger partial charge in [-0.05, 0) is 26.5 Å². The highest BCUT2D eigenvalue weighted by Gasteiger charge is 2.17. The highest BCUT2D eigenvalue weighted by molar-refractivity contribution is 5.39. The number of benzene rings is 1. The molecule has 20 heavy (non-hydrogen) atoms. The topological polar surface area (TPSA) is 47.0 Å². The number of rotatable bonds is 6. The highest BCUT2D eigenvalue weighted by atomic mass is 16.5. The fourth-order valence-electron chi connectivity index (χ4n) is 2.08. The van der Waals surface area contributed by atoms with Gasteiger partial charge in [0.15, 0.2) is 0 Å². The number of aromatic nitrogens is 2. The minimum absolute atomic E-state index is 0.0174. The minimum atomic E-state index is -0.0174. The monoisotopic (exact) mass is 271 g/mol. The number of nitrogens with zero attached hydrogens (tertiary/aromatic N) is 2. The van der Waals surface area contributed by atoms with Gasteiger partial charge in [0.05, 0.1) is 30.2 Å². The Kier molecular flexibility index (Phi) is 5.07. The molecule has 2 rings (SSSR count). The van der Waals surface area contributed by atoms with Gasteiger partial charge < -0.3 is 10.1 Å². The second-order valence-electron chi connectivity index (χ2n) is 4.69. The van der Waals surface area contributed by atoms with Crippen LogP contribution in [-0.2, 0) is 0 Å². The molecule has 0 saturated carbocycles. The molecule has 1 unspecified atom stereocenters. The van der Waals surface area contributed by atoms with E-state index in [0.717, 1.165) is 29.1 Å². The molecule has 0 bridgehead atoms. The molecule has 0 fully saturated rings. The molecule has 106 valence electrons. The molecule has 1 N–H and O–H groups in total. The number of ether oxygens (including phenoxy) is 1. The van der Waals surface area contributed by atoms with Gasteiger partial charge >= 0.3 is 0 Å². The lowest BCUT2D eigenvalue weighted by molar-refractivity contribution is 0.312. The summed E-state index contributed by atoms with van der Waals surface area (Å²) in [5.41, 5.74) is 2.89. The average Bonchev–Trinajstić information content (AvgIpc) is 2.49. The summed E-state index contributed by atoms with van der Waals surface area (Å²) in [5.74, 6) is 0.899. The fraction of sp³-hybridized carbons (Fsp3) is 0.375. The molecule has 2 aromatic rings. The van der Waals surface area contributed by atoms with Crippen LogP contribution < -0.4 is 10.1 Å². The van der Waals surface area contributed by atoms with Crippen LogP contribution in [0.5, 0.6) is 5.75 Å². The summed E-state index contributed by atoms with van der Waals surface area (Å²) in [6.45, 7) is 4.75. The van der Waals surface area contributed by atoms with E-state index in [2.05, 4.69) is 28.3 Å². The van der Waals surface area contributed by atoms with E-state index in [1.807, 2.05) is 38.4 Å². The average molecular weight is 271 g/mol. The van der Waals surface area contributed by atoms with E-state index >= 15 is 0 Å². The first-order valence-electron chi connectivity index (χ1n) is 6.93. The van der Waals surface area contributed by atoms with Gasteiger partial charge in [0.1, 0.15) is 5.75 Å². The Morgan fingerprint density at radius 2 is 2.00 bits per heavy atom. The van der Waals surface area contributed by atoms with Crippen molar-refractivity contribution in [2.45, 2.75) is 26.3 Å². The van der Waals surface area contributed by atoms with E-state index in [1.165, 1.54) is 0 Å². The maximum absolute atomic E-state index is 5.83. The molecule has 0 aliphatic rings. The summed E-state index contributed by atoms with van der Waals surface area (Å²) in [7, 11) is 1.92. The summed E-state index contributed by atoms with van der Waals surface area (Å²) in [5, 5.41) is 3.29. The maximum atomic E-state index is 5.83. The quantitative estimate of drug-likeness (QED) is 0.877. The molecule has 0 saturated heterocycles. The van der Waals surface area contributed by atoms with E-state index in [4.69, 9.17) is 4.74 Å². The van der Waals surface area contributed by atoms with Crippen LogP contribution in [0.25, 0.3) is 0 Å². The predicted octanol–water partition coefficient (Wildman–Crippen LogP) is 2.88. The van der Waals surface area contributed by atoms with Crippen molar-refractivity contribution < 1.29 is 4.74 Å². The van der Waals surface area contributed by atoms with Crippen molar-refractivity contribution in [3.05, 3.63) is 53.6 Å². The summed E-state index contributed by atoms with van der Waals surface area (Å²) in [6.07, 6.45) is 4.59. The molecule has 1 aromatic heterocycles. The molecule has 0 aliphatic heterocycles. The van der Waals surface area contributed by atoms with Crippen LogP contribution in [0, 0.1) is 6.92 Å². The van der Waals surface area contributed by atoms with Crippen LogP contribution in [0.15, 0.2) is 36.7 Å². The van der Waals surface area contributed by atoms with Crippen LogP contribution in [0.4, 0.5) is 0 Å². The Bertz CT molecular complexity index is 540. The van der Waals surface area contributed by atoms with Crippen LogP contribution in [0.3, 0.4) is 0 Å². The van der Waals surface area contributed by atoms with Gasteiger partial charge in [-0.3, -0.25) is 9.97 Å². The summed E-state index contributed by atoms with van der Waals surface area (Å²) in [4.78, 5) is 8.79. The lowest BCUT2D eigenvalue weighted by atomic mass is 10.0. The van der Waals surface area contributed by atoms with Crippen LogP contribution in [0.1, 0.15) is 36.3 Å². The van der Waals surface area contributed by atoms with Crippen LogP contribution in [-0.4, -0.2) is 23.6 Å². The molecule has 4 heteroatoms. The Hall–Kier alpha value is -1.94. The van der Waals surface area contributed by atoms with Gasteiger partial charge in [0.25, 0.3) is 0 Å². The van der Waals surface area contributed by atoms with Crippen molar-refractivity contribution in [3.63, 3.8) is 0 Å². The van der Waals surface area contributed by atoms with Gasteiger partial charge in [-0.15, -0.1) is 0 Å². The second-order valence-corrected chi connectivity index (χ2v) is 4.69. The Morgan fingerprint density at radius 3 is 2.65 bits per heavy atom. The van der Waals surface area contributed by atoms with Gasteiger partial charge in [0.2, 0.25) is 0 Å². The molecule has 0 spiro atoms. The molecule has 0 amide bonds. The van der Waals surface area contributed by atoms with Crippen molar-refractivity contribution in [2.75, 3.05) is 13.7 Å². The molecule has 1 aromatic carbocycles. The van der Waals surface area contributed by atoms with Crippen molar-refractivity contribution in [3.8, 4) is 5.75 Å². The van der Waals surface area contributed by atoms with Gasteiger partial charge in [0, 0.05) is 11.8 Å². The number of hydrogen-bond donors (Lipinski definition) is 1. The summed E-state index contributed by atoms with van der Waals surface area (Å²) < 4.78 is 5.83. The molecule has 4 nitrogen and oxygen atoms in total. The summed E-state index contributed by atoms with van der Waals surface area (Å²) >= 11 is 0. The molecular formula is C16H21N3O. The smallest absolute Gasteiger partial charge is 0.124 e. The zero-order valence-corrected chi connectivity index (χ0v) is 12.3. The van der Waals surface area contributed by atoms with Crippen LogP contribution in [0.2, 0.25) is 0 Å². The first-order chi connectivity index (χ1) is 9.76. The van der Waals surface area contributed by atoms with Crippen LogP contribution >= 0.6 is 0 Å². The van der Waals surface area contributed by atoms with Crippen molar-refractivity contribution in [2.24, 2.45) is 0 Å². The molecule has 0 aliphatic carbocycles. The molecular weight excluding hydrogens is 250 g/mol. The third kappa shape index (κ3) is 3.33. The number of hydrogen-bond acceptors (Lipinski definition) is 4. The first kappa shape index (κ1) is 14.5. The standard InChI is InChI=1S/C16H21N3O/c1-4-9-20-15-8-6-5-7-13(15)16(17-3)14-11-18-12(2)10-19-14/h5-8,10-11,16-17H,4,9H2,1-3H3. The highest BCUT2D eigenvalue weighted by Crippen LogP contribution is 2.28. The number of aryl methyl sites for hydroxylation is 1. The first-order valence-corrected chi connectivity index (χ1v) is 6.93. The molecule has 1 heterocycles. The van der Waals surface area contributed by atoms with Gasteiger partial charge in [-0.2, -0.15) is 0 Å². The lowest BCUT2D eigenvalue weighted by Gasteiger charge is -2.19. The van der Waals surface area contributed by atoms with E-state index in [1.54, 1.807) is 6.20 Å². The van der Waals surface area contributed by atoms with Gasteiger partial charge in [-0.25, -0.2) is 0 Å². The third-order valence-corrected chi connectivity index (χ3v) is 3.08. The van der Waals surface area contributed by atoms with E-state index < -0.39 is 0 Å². The van der Waals surface area contributed by atoms with E-state index in [0.29, 0.717) is 6.61 Å². The zero-order chi connectivity index (χ0) is 14.4.